The van der Waals surface area contributed by atoms with Gasteiger partial charge in [0, 0.05) is 0 Å². The number of hydrogen-bond donors (Lipinski definition) is 2. The Bertz CT molecular complexity index is 1130. The molecule has 3 aromatic carbocycles. The number of para-hydroxylation sites is 1. The summed E-state index contributed by atoms with van der Waals surface area (Å²) in [6, 6.07) is 19.0. The largest absolute Gasteiger partial charge is 0.345 e. The average molecular weight is 412 g/mol. The van der Waals surface area contributed by atoms with E-state index in [-0.39, 0.29) is 27.8 Å². The zero-order valence-corrected chi connectivity index (χ0v) is 16.8. The first-order chi connectivity index (χ1) is 13.8. The number of sulfonamides is 1. The molecule has 29 heavy (non-hydrogen) atoms. The van der Waals surface area contributed by atoms with Gasteiger partial charge in [0.15, 0.2) is 0 Å². The Hall–Kier alpha value is -3.19. The third kappa shape index (κ3) is 4.81. The van der Waals surface area contributed by atoms with Gasteiger partial charge in [0.05, 0.1) is 22.2 Å². The van der Waals surface area contributed by atoms with E-state index in [4.69, 9.17) is 0 Å². The van der Waals surface area contributed by atoms with E-state index in [9.17, 15) is 17.6 Å². The fourth-order valence-corrected chi connectivity index (χ4v) is 4.29. The highest BCUT2D eigenvalue weighted by Gasteiger charge is 2.21. The topological polar surface area (TPSA) is 75.3 Å². The number of hydrogen-bond acceptors (Lipinski definition) is 3. The quantitative estimate of drug-likeness (QED) is 0.629. The molecule has 3 rings (SSSR count). The standard InChI is InChI=1S/C22H21FN2O3S/c1-15-14-18(23)12-13-21(15)29(27,28)25-20-11-7-6-10-19(20)22(26)24-16(2)17-8-4-3-5-9-17/h3-14,16,25H,1-2H3,(H,24,26)/t16-/m1/s1. The van der Waals surface area contributed by atoms with Gasteiger partial charge in [0.25, 0.3) is 15.9 Å². The SMILES string of the molecule is Cc1cc(F)ccc1S(=O)(=O)Nc1ccccc1C(=O)N[C@H](C)c1ccccc1. The molecular formula is C22H21FN2O3S. The molecule has 0 saturated carbocycles. The summed E-state index contributed by atoms with van der Waals surface area (Å²) in [5.74, 6) is -0.924. The van der Waals surface area contributed by atoms with Crippen LogP contribution in [-0.4, -0.2) is 14.3 Å². The van der Waals surface area contributed by atoms with Crippen molar-refractivity contribution in [3.05, 3.63) is 95.3 Å². The summed E-state index contributed by atoms with van der Waals surface area (Å²) in [5.41, 5.74) is 1.55. The van der Waals surface area contributed by atoms with Crippen molar-refractivity contribution >= 4 is 21.6 Å². The van der Waals surface area contributed by atoms with Crippen LogP contribution in [0.3, 0.4) is 0 Å². The summed E-state index contributed by atoms with van der Waals surface area (Å²) in [4.78, 5) is 12.7. The summed E-state index contributed by atoms with van der Waals surface area (Å²) < 4.78 is 41.3. The van der Waals surface area contributed by atoms with Gasteiger partial charge in [-0.3, -0.25) is 9.52 Å². The first-order valence-electron chi connectivity index (χ1n) is 9.02. The second kappa shape index (κ2) is 8.45. The van der Waals surface area contributed by atoms with Crippen molar-refractivity contribution < 1.29 is 17.6 Å². The van der Waals surface area contributed by atoms with Gasteiger partial charge >= 0.3 is 0 Å². The zero-order chi connectivity index (χ0) is 21.0. The van der Waals surface area contributed by atoms with Crippen LogP contribution in [0.1, 0.15) is 34.5 Å². The fourth-order valence-electron chi connectivity index (χ4n) is 2.98. The Morgan fingerprint density at radius 3 is 2.31 bits per heavy atom. The van der Waals surface area contributed by atoms with E-state index in [0.717, 1.165) is 17.7 Å². The van der Waals surface area contributed by atoms with Crippen LogP contribution in [0.15, 0.2) is 77.7 Å². The highest BCUT2D eigenvalue weighted by Crippen LogP contribution is 2.23. The maximum atomic E-state index is 13.3. The molecule has 0 aliphatic carbocycles. The summed E-state index contributed by atoms with van der Waals surface area (Å²) in [6.45, 7) is 3.36. The minimum atomic E-state index is -3.99. The predicted molar refractivity (Wildman–Crippen MR) is 111 cm³/mol. The number of halogens is 1. The lowest BCUT2D eigenvalue weighted by atomic mass is 10.1. The van der Waals surface area contributed by atoms with Gasteiger partial charge in [-0.1, -0.05) is 42.5 Å². The van der Waals surface area contributed by atoms with Crippen molar-refractivity contribution in [2.75, 3.05) is 4.72 Å². The number of aryl methyl sites for hydroxylation is 1. The van der Waals surface area contributed by atoms with Crippen molar-refractivity contribution in [1.29, 1.82) is 0 Å². The van der Waals surface area contributed by atoms with E-state index in [1.807, 2.05) is 37.3 Å². The molecule has 0 bridgehead atoms. The van der Waals surface area contributed by atoms with Crippen molar-refractivity contribution in [2.24, 2.45) is 0 Å². The van der Waals surface area contributed by atoms with Gasteiger partial charge in [0.2, 0.25) is 0 Å². The van der Waals surface area contributed by atoms with Crippen molar-refractivity contribution in [2.45, 2.75) is 24.8 Å². The molecule has 0 fully saturated rings. The Morgan fingerprint density at radius 2 is 1.62 bits per heavy atom. The van der Waals surface area contributed by atoms with Gasteiger partial charge in [0.1, 0.15) is 5.82 Å². The minimum Gasteiger partial charge on any atom is -0.345 e. The van der Waals surface area contributed by atoms with Crippen LogP contribution in [0.25, 0.3) is 0 Å². The molecule has 0 spiro atoms. The third-order valence-electron chi connectivity index (χ3n) is 4.49. The molecule has 2 N–H and O–H groups in total. The lowest BCUT2D eigenvalue weighted by Crippen LogP contribution is -2.28. The number of carbonyl (C=O) groups excluding carboxylic acids is 1. The number of rotatable bonds is 6. The number of carbonyl (C=O) groups is 1. The first-order valence-corrected chi connectivity index (χ1v) is 10.5. The normalized spacial score (nSPS) is 12.2. The van der Waals surface area contributed by atoms with Crippen molar-refractivity contribution in [1.82, 2.24) is 5.32 Å². The van der Waals surface area contributed by atoms with Crippen LogP contribution in [0, 0.1) is 12.7 Å². The van der Waals surface area contributed by atoms with E-state index >= 15 is 0 Å². The van der Waals surface area contributed by atoms with Gasteiger partial charge in [-0.05, 0) is 55.3 Å². The van der Waals surface area contributed by atoms with E-state index in [0.29, 0.717) is 0 Å². The van der Waals surface area contributed by atoms with Crippen LogP contribution in [0.2, 0.25) is 0 Å². The van der Waals surface area contributed by atoms with Gasteiger partial charge < -0.3 is 5.32 Å². The predicted octanol–water partition coefficient (Wildman–Crippen LogP) is 4.43. The van der Waals surface area contributed by atoms with Crippen LogP contribution in [-0.2, 0) is 10.0 Å². The molecule has 0 aromatic heterocycles. The van der Waals surface area contributed by atoms with Crippen LogP contribution < -0.4 is 10.0 Å². The molecule has 0 aliphatic heterocycles. The lowest BCUT2D eigenvalue weighted by molar-refractivity contribution is 0.0941. The van der Waals surface area contributed by atoms with Gasteiger partial charge in [-0.15, -0.1) is 0 Å². The molecule has 0 saturated heterocycles. The molecule has 150 valence electrons. The zero-order valence-electron chi connectivity index (χ0n) is 16.0. The number of nitrogens with one attached hydrogen (secondary N) is 2. The first kappa shape index (κ1) is 20.5. The highest BCUT2D eigenvalue weighted by atomic mass is 32.2. The minimum absolute atomic E-state index is 0.0493. The van der Waals surface area contributed by atoms with Gasteiger partial charge in [-0.25, -0.2) is 12.8 Å². The van der Waals surface area contributed by atoms with Crippen molar-refractivity contribution in [3.8, 4) is 0 Å². The maximum Gasteiger partial charge on any atom is 0.262 e. The summed E-state index contributed by atoms with van der Waals surface area (Å²) >= 11 is 0. The average Bonchev–Trinajstić information content (AvgIpc) is 2.68. The van der Waals surface area contributed by atoms with Gasteiger partial charge in [-0.2, -0.15) is 0 Å². The monoisotopic (exact) mass is 412 g/mol. The summed E-state index contributed by atoms with van der Waals surface area (Å²) in [5, 5.41) is 2.87. The molecule has 0 unspecified atom stereocenters. The third-order valence-corrected chi connectivity index (χ3v) is 6.02. The molecule has 3 aromatic rings. The molecule has 1 amide bonds. The molecule has 0 heterocycles. The second-order valence-corrected chi connectivity index (χ2v) is 8.32. The Kier molecular flexibility index (Phi) is 5.98. The molecule has 0 aliphatic rings. The Morgan fingerprint density at radius 1 is 0.966 bits per heavy atom. The van der Waals surface area contributed by atoms with Crippen LogP contribution in [0.5, 0.6) is 0 Å². The lowest BCUT2D eigenvalue weighted by Gasteiger charge is -2.17. The molecule has 1 atom stereocenters. The van der Waals surface area contributed by atoms with E-state index in [2.05, 4.69) is 10.0 Å². The number of amides is 1. The Labute approximate surface area is 169 Å². The van der Waals surface area contributed by atoms with E-state index < -0.39 is 21.7 Å². The molecular weight excluding hydrogens is 391 g/mol. The molecule has 7 heteroatoms. The summed E-state index contributed by atoms with van der Waals surface area (Å²) in [7, 11) is -3.99. The smallest absolute Gasteiger partial charge is 0.262 e. The van der Waals surface area contributed by atoms with E-state index in [1.54, 1.807) is 18.2 Å². The fraction of sp³-hybridized carbons (Fsp3) is 0.136. The number of benzene rings is 3. The van der Waals surface area contributed by atoms with Crippen molar-refractivity contribution in [3.63, 3.8) is 0 Å². The maximum absolute atomic E-state index is 13.3. The number of anilines is 1. The molecule has 5 nitrogen and oxygen atoms in total. The van der Waals surface area contributed by atoms with E-state index in [1.165, 1.54) is 19.1 Å². The van der Waals surface area contributed by atoms with Crippen LogP contribution in [0.4, 0.5) is 10.1 Å². The highest BCUT2D eigenvalue weighted by molar-refractivity contribution is 7.92. The second-order valence-electron chi connectivity index (χ2n) is 6.67. The molecule has 0 radical (unpaired) electrons. The summed E-state index contributed by atoms with van der Waals surface area (Å²) in [6.07, 6.45) is 0. The Balaban J connectivity index is 1.86. The van der Waals surface area contributed by atoms with Crippen LogP contribution >= 0.6 is 0 Å².